The molecule has 4 atom stereocenters. The zero-order valence-electron chi connectivity index (χ0n) is 27.7. The topological polar surface area (TPSA) is 89.5 Å². The molecule has 3 aliphatic rings. The van der Waals surface area contributed by atoms with Gasteiger partial charge in [0.15, 0.2) is 0 Å². The maximum absolute atomic E-state index is 12.8. The van der Waals surface area contributed by atoms with Crippen molar-refractivity contribution in [2.75, 3.05) is 0 Å². The van der Waals surface area contributed by atoms with E-state index in [1.807, 2.05) is 12.1 Å². The molecule has 2 fully saturated rings. The maximum atomic E-state index is 12.8. The molecule has 0 aromatic heterocycles. The minimum atomic E-state index is -4.22. The van der Waals surface area contributed by atoms with Crippen LogP contribution in [-0.4, -0.2) is 20.1 Å². The molecule has 7 heteroatoms. The molecule has 0 spiro atoms. The van der Waals surface area contributed by atoms with Crippen LogP contribution in [0.15, 0.2) is 18.2 Å². The van der Waals surface area contributed by atoms with E-state index in [9.17, 15) is 18.0 Å². The van der Waals surface area contributed by atoms with Crippen LogP contribution in [0.2, 0.25) is 0 Å². The summed E-state index contributed by atoms with van der Waals surface area (Å²) in [7, 11) is -4.22. The van der Waals surface area contributed by atoms with Gasteiger partial charge in [0, 0.05) is 18.3 Å². The Morgan fingerprint density at radius 2 is 1.45 bits per heavy atom. The Morgan fingerprint density at radius 1 is 0.841 bits per heavy atom. The van der Waals surface area contributed by atoms with Crippen LogP contribution in [0.5, 0.6) is 5.75 Å². The summed E-state index contributed by atoms with van der Waals surface area (Å²) in [6.45, 7) is 4.44. The van der Waals surface area contributed by atoms with Crippen LogP contribution in [-0.2, 0) is 26.3 Å². The number of amides is 1. The summed E-state index contributed by atoms with van der Waals surface area (Å²) in [5, 5.41) is 0. The van der Waals surface area contributed by atoms with E-state index in [-0.39, 0.29) is 17.6 Å². The van der Waals surface area contributed by atoms with Crippen molar-refractivity contribution in [1.82, 2.24) is 4.72 Å². The molecule has 1 amide bonds. The first-order chi connectivity index (χ1) is 21.3. The number of nitrogens with one attached hydrogen (secondary N) is 1. The summed E-state index contributed by atoms with van der Waals surface area (Å²) >= 11 is 0. The highest BCUT2D eigenvalue weighted by atomic mass is 32.2. The van der Waals surface area contributed by atoms with Gasteiger partial charge in [0.2, 0.25) is 5.91 Å². The van der Waals surface area contributed by atoms with Crippen LogP contribution in [0.25, 0.3) is 0 Å². The second kappa shape index (κ2) is 17.1. The molecule has 0 radical (unpaired) electrons. The van der Waals surface area contributed by atoms with Gasteiger partial charge >= 0.3 is 10.3 Å². The minimum Gasteiger partial charge on any atom is -0.367 e. The van der Waals surface area contributed by atoms with E-state index in [0.717, 1.165) is 63.4 Å². The average Bonchev–Trinajstić information content (AvgIpc) is 3.34. The first kappa shape index (κ1) is 35.0. The van der Waals surface area contributed by atoms with Crippen LogP contribution >= 0.6 is 0 Å². The molecule has 1 N–H and O–H groups in total. The van der Waals surface area contributed by atoms with Crippen molar-refractivity contribution in [2.24, 2.45) is 17.3 Å². The first-order valence-corrected chi connectivity index (χ1v) is 19.6. The number of fused-ring (bicyclic) bond motifs is 5. The number of unbranched alkanes of at least 4 members (excludes halogenated alkanes) is 14. The summed E-state index contributed by atoms with van der Waals surface area (Å²) in [5.74, 6) is 1.65. The van der Waals surface area contributed by atoms with Gasteiger partial charge < -0.3 is 4.18 Å². The molecule has 4 rings (SSSR count). The van der Waals surface area contributed by atoms with Crippen molar-refractivity contribution >= 4 is 22.0 Å². The number of carbonyl (C=O) groups excluding carboxylic acids is 2. The second-order valence-electron chi connectivity index (χ2n) is 14.0. The van der Waals surface area contributed by atoms with Gasteiger partial charge in [-0.15, -0.1) is 0 Å². The lowest BCUT2D eigenvalue weighted by Gasteiger charge is -2.49. The Hall–Kier alpha value is -1.89. The monoisotopic (exact) mass is 629 g/mol. The average molecular weight is 630 g/mol. The van der Waals surface area contributed by atoms with Gasteiger partial charge in [-0.1, -0.05) is 110 Å². The zero-order valence-corrected chi connectivity index (χ0v) is 28.5. The fourth-order valence-corrected chi connectivity index (χ4v) is 9.61. The first-order valence-electron chi connectivity index (χ1n) is 18.2. The largest absolute Gasteiger partial charge is 0.409 e. The Balaban J connectivity index is 1.10. The number of aryl methyl sites for hydroxylation is 1. The summed E-state index contributed by atoms with van der Waals surface area (Å²) in [6, 6.07) is 5.58. The van der Waals surface area contributed by atoms with E-state index in [0.29, 0.717) is 30.0 Å². The molecule has 248 valence electrons. The number of ketones is 1. The van der Waals surface area contributed by atoms with E-state index < -0.39 is 16.2 Å². The van der Waals surface area contributed by atoms with Gasteiger partial charge in [0.1, 0.15) is 11.5 Å². The summed E-state index contributed by atoms with van der Waals surface area (Å²) < 4.78 is 32.6. The number of benzene rings is 1. The van der Waals surface area contributed by atoms with Gasteiger partial charge in [-0.05, 0) is 86.0 Å². The second-order valence-corrected chi connectivity index (χ2v) is 15.3. The molecule has 3 aliphatic carbocycles. The van der Waals surface area contributed by atoms with E-state index in [2.05, 4.69) is 18.6 Å². The van der Waals surface area contributed by atoms with Crippen LogP contribution in [0.1, 0.15) is 172 Å². The highest BCUT2D eigenvalue weighted by molar-refractivity contribution is 7.85. The highest BCUT2D eigenvalue weighted by Gasteiger charge is 2.56. The van der Waals surface area contributed by atoms with Crippen LogP contribution in [0.3, 0.4) is 0 Å². The van der Waals surface area contributed by atoms with Gasteiger partial charge in [0.25, 0.3) is 0 Å². The van der Waals surface area contributed by atoms with Crippen molar-refractivity contribution in [3.63, 3.8) is 0 Å². The predicted octanol–water partition coefficient (Wildman–Crippen LogP) is 9.50. The fourth-order valence-electron chi connectivity index (χ4n) is 8.83. The normalized spacial score (nSPS) is 24.4. The van der Waals surface area contributed by atoms with E-state index in [1.165, 1.54) is 82.6 Å². The third-order valence-electron chi connectivity index (χ3n) is 11.2. The molecule has 44 heavy (non-hydrogen) atoms. The lowest BCUT2D eigenvalue weighted by atomic mass is 9.54. The third-order valence-corrected chi connectivity index (χ3v) is 12.1. The van der Waals surface area contributed by atoms with Crippen molar-refractivity contribution in [3.8, 4) is 5.75 Å². The molecule has 0 heterocycles. The van der Waals surface area contributed by atoms with Crippen molar-refractivity contribution in [3.05, 3.63) is 29.3 Å². The molecule has 0 bridgehead atoms. The lowest BCUT2D eigenvalue weighted by molar-refractivity contribution is -0.131. The summed E-state index contributed by atoms with van der Waals surface area (Å²) in [6.07, 6.45) is 25.5. The van der Waals surface area contributed by atoms with Gasteiger partial charge in [-0.3, -0.25) is 9.59 Å². The molecular weight excluding hydrogens is 570 g/mol. The van der Waals surface area contributed by atoms with Gasteiger partial charge in [-0.25, -0.2) is 4.72 Å². The smallest absolute Gasteiger partial charge is 0.367 e. The molecule has 1 aromatic rings. The number of Topliss-reactive ketones (excluding diaryl/α,β-unsaturated/α-hetero) is 1. The Morgan fingerprint density at radius 3 is 2.07 bits per heavy atom. The fraction of sp³-hybridized carbons (Fsp3) is 0.784. The van der Waals surface area contributed by atoms with Gasteiger partial charge in [0.05, 0.1) is 0 Å². The molecule has 1 aromatic carbocycles. The quantitative estimate of drug-likeness (QED) is 0.145. The minimum absolute atomic E-state index is 0.111. The lowest BCUT2D eigenvalue weighted by Crippen LogP contribution is -2.44. The third kappa shape index (κ3) is 9.33. The Bertz CT molecular complexity index is 1180. The van der Waals surface area contributed by atoms with E-state index in [4.69, 9.17) is 4.18 Å². The summed E-state index contributed by atoms with van der Waals surface area (Å²) in [5.41, 5.74) is 2.31. The molecule has 2 saturated carbocycles. The molecular formula is C37H59NO5S. The van der Waals surface area contributed by atoms with Gasteiger partial charge in [-0.2, -0.15) is 8.42 Å². The number of hydrogen-bond donors (Lipinski definition) is 1. The molecule has 6 nitrogen and oxygen atoms in total. The molecule has 0 saturated heterocycles. The Kier molecular flexibility index (Phi) is 13.6. The molecule has 0 aliphatic heterocycles. The molecule has 4 unspecified atom stereocenters. The highest BCUT2D eigenvalue weighted by Crippen LogP contribution is 2.61. The number of rotatable bonds is 20. The predicted molar refractivity (Wildman–Crippen MR) is 178 cm³/mol. The van der Waals surface area contributed by atoms with Crippen molar-refractivity contribution in [2.45, 2.75) is 167 Å². The maximum Gasteiger partial charge on any atom is 0.409 e. The zero-order chi connectivity index (χ0) is 31.4. The van der Waals surface area contributed by atoms with E-state index >= 15 is 0 Å². The number of hydrogen-bond acceptors (Lipinski definition) is 5. The Labute approximate surface area is 268 Å². The standard InChI is InChI=1S/C37H59NO5S/c1-3-5-6-7-8-9-10-11-12-13-14-15-16-17-18-19-36(40)38-44(41,42)43-30-21-23-31-29(28-30)20-22-33-32(31)26-27-37(4-2)34(33)24-25-35(37)39/h21,23,28,32-34H,3-20,22,24-27H2,1-2H3,(H,38,40). The van der Waals surface area contributed by atoms with Crippen LogP contribution in [0, 0.1) is 17.3 Å². The van der Waals surface area contributed by atoms with Crippen LogP contribution in [0.4, 0.5) is 0 Å². The van der Waals surface area contributed by atoms with Crippen LogP contribution < -0.4 is 8.91 Å². The number of carbonyl (C=O) groups is 2. The van der Waals surface area contributed by atoms with E-state index in [1.54, 1.807) is 6.07 Å². The SMILES string of the molecule is CCCCCCCCCCCCCCCCCC(=O)NS(=O)(=O)Oc1ccc2c(c1)CCC1C2CCC2(CC)C(=O)CCC12. The van der Waals surface area contributed by atoms with Crippen molar-refractivity contribution in [1.29, 1.82) is 0 Å². The summed E-state index contributed by atoms with van der Waals surface area (Å²) in [4.78, 5) is 25.2. The van der Waals surface area contributed by atoms with Crippen molar-refractivity contribution < 1.29 is 22.2 Å².